The van der Waals surface area contributed by atoms with E-state index in [-0.39, 0.29) is 5.78 Å². The molecule has 9 heteroatoms. The number of para-hydroxylation sites is 1. The van der Waals surface area contributed by atoms with Gasteiger partial charge in [-0.2, -0.15) is 0 Å². The molecule has 0 aliphatic heterocycles. The number of nitrogens with one attached hydrogen (secondary N) is 2. The van der Waals surface area contributed by atoms with Crippen molar-refractivity contribution in [2.24, 2.45) is 0 Å². The Labute approximate surface area is 200 Å². The summed E-state index contributed by atoms with van der Waals surface area (Å²) in [6.45, 7) is 2.20. The summed E-state index contributed by atoms with van der Waals surface area (Å²) in [5.74, 6) is 0.914. The lowest BCUT2D eigenvalue weighted by Gasteiger charge is -2.13. The van der Waals surface area contributed by atoms with Gasteiger partial charge in [0.15, 0.2) is 10.9 Å². The summed E-state index contributed by atoms with van der Waals surface area (Å²) < 4.78 is 11.0. The molecule has 2 amide bonds. The van der Waals surface area contributed by atoms with E-state index in [9.17, 15) is 9.59 Å². The number of hydrogen-bond donors (Lipinski definition) is 2. The Bertz CT molecular complexity index is 1310. The molecular weight excluding hydrogens is 452 g/mol. The molecule has 172 valence electrons. The van der Waals surface area contributed by atoms with Gasteiger partial charge in [0.05, 0.1) is 23.2 Å². The first-order chi connectivity index (χ1) is 16.5. The first-order valence-corrected chi connectivity index (χ1v) is 11.2. The van der Waals surface area contributed by atoms with E-state index in [4.69, 9.17) is 9.47 Å². The fourth-order valence-electron chi connectivity index (χ4n) is 3.20. The van der Waals surface area contributed by atoms with Gasteiger partial charge in [0.1, 0.15) is 18.1 Å². The molecule has 0 radical (unpaired) electrons. The average Bonchev–Trinajstić information content (AvgIpc) is 3.31. The number of methoxy groups -OCH3 is 1. The lowest BCUT2D eigenvalue weighted by molar-refractivity contribution is 0.103. The van der Waals surface area contributed by atoms with Crippen LogP contribution in [-0.4, -0.2) is 28.9 Å². The number of thiazole rings is 1. The van der Waals surface area contributed by atoms with Crippen LogP contribution in [0.3, 0.4) is 0 Å². The lowest BCUT2D eigenvalue weighted by Crippen LogP contribution is -2.21. The number of carbonyl (C=O) groups excluding carboxylic acids is 2. The zero-order valence-corrected chi connectivity index (χ0v) is 19.4. The Morgan fingerprint density at radius 1 is 1.00 bits per heavy atom. The molecule has 0 saturated carbocycles. The van der Waals surface area contributed by atoms with E-state index in [1.165, 1.54) is 18.4 Å². The number of nitrogens with zero attached hydrogens (tertiary/aromatic N) is 2. The molecule has 0 unspecified atom stereocenters. The summed E-state index contributed by atoms with van der Waals surface area (Å²) >= 11 is 1.30. The lowest BCUT2D eigenvalue weighted by atomic mass is 9.99. The van der Waals surface area contributed by atoms with Crippen LogP contribution in [0.5, 0.6) is 11.5 Å². The number of amides is 2. The fraction of sp³-hybridized carbons (Fsp3) is 0.120. The van der Waals surface area contributed by atoms with Crippen molar-refractivity contribution >= 4 is 34.0 Å². The van der Waals surface area contributed by atoms with Crippen molar-refractivity contribution in [3.05, 3.63) is 94.8 Å². The maximum Gasteiger partial charge on any atom is 0.325 e. The Kier molecular flexibility index (Phi) is 7.14. The summed E-state index contributed by atoms with van der Waals surface area (Å²) in [6, 6.07) is 15.3. The number of ketones is 1. The highest BCUT2D eigenvalue weighted by Gasteiger charge is 2.19. The number of aromatic nitrogens is 2. The van der Waals surface area contributed by atoms with E-state index in [0.717, 1.165) is 10.4 Å². The van der Waals surface area contributed by atoms with Gasteiger partial charge in [-0.15, -0.1) is 0 Å². The van der Waals surface area contributed by atoms with Crippen LogP contribution in [0.2, 0.25) is 0 Å². The molecule has 2 N–H and O–H groups in total. The van der Waals surface area contributed by atoms with Crippen LogP contribution in [0.1, 0.15) is 26.4 Å². The number of rotatable bonds is 8. The molecule has 0 aliphatic carbocycles. The quantitative estimate of drug-likeness (QED) is 0.336. The molecular formula is C25H22N4O4S. The van der Waals surface area contributed by atoms with Crippen LogP contribution >= 0.6 is 11.3 Å². The molecule has 0 fully saturated rings. The Balaban J connectivity index is 1.45. The maximum absolute atomic E-state index is 13.3. The molecule has 0 bridgehead atoms. The monoisotopic (exact) mass is 474 g/mol. The highest BCUT2D eigenvalue weighted by molar-refractivity contribution is 7.15. The highest BCUT2D eigenvalue weighted by atomic mass is 32.1. The minimum Gasteiger partial charge on any atom is -0.496 e. The average molecular weight is 475 g/mol. The molecule has 34 heavy (non-hydrogen) atoms. The van der Waals surface area contributed by atoms with Crippen LogP contribution < -0.4 is 20.1 Å². The minimum absolute atomic E-state index is 0.249. The number of urea groups is 1. The second-order valence-corrected chi connectivity index (χ2v) is 8.38. The van der Waals surface area contributed by atoms with Crippen molar-refractivity contribution < 1.29 is 19.1 Å². The zero-order valence-electron chi connectivity index (χ0n) is 18.6. The van der Waals surface area contributed by atoms with E-state index in [0.29, 0.717) is 40.1 Å². The normalized spacial score (nSPS) is 10.4. The molecule has 0 spiro atoms. The van der Waals surface area contributed by atoms with Crippen molar-refractivity contribution in [2.75, 3.05) is 17.7 Å². The van der Waals surface area contributed by atoms with Crippen LogP contribution in [0, 0.1) is 6.92 Å². The number of ether oxygens (including phenoxy) is 2. The van der Waals surface area contributed by atoms with Crippen LogP contribution in [0.4, 0.5) is 15.6 Å². The summed E-state index contributed by atoms with van der Waals surface area (Å²) in [6.07, 6.45) is 4.94. The Morgan fingerprint density at radius 3 is 2.59 bits per heavy atom. The molecule has 2 heterocycles. The SMILES string of the molecule is COc1ccccc1C(=O)c1cc(C)ccc1NC(=O)Nc1ncc(COc2ccncc2)s1. The first kappa shape index (κ1) is 22.9. The van der Waals surface area contributed by atoms with Gasteiger partial charge in [0.2, 0.25) is 0 Å². The van der Waals surface area contributed by atoms with Gasteiger partial charge in [-0.1, -0.05) is 35.1 Å². The Morgan fingerprint density at radius 2 is 1.79 bits per heavy atom. The molecule has 0 aliphatic rings. The number of anilines is 2. The topological polar surface area (TPSA) is 102 Å². The van der Waals surface area contributed by atoms with E-state index in [2.05, 4.69) is 20.6 Å². The van der Waals surface area contributed by atoms with Crippen molar-refractivity contribution in [3.63, 3.8) is 0 Å². The molecule has 4 aromatic rings. The summed E-state index contributed by atoms with van der Waals surface area (Å²) in [5.41, 5.74) is 2.06. The minimum atomic E-state index is -0.506. The number of aryl methyl sites for hydroxylation is 1. The van der Waals surface area contributed by atoms with Crippen LogP contribution in [0.15, 0.2) is 73.2 Å². The molecule has 8 nitrogen and oxygen atoms in total. The van der Waals surface area contributed by atoms with Crippen molar-refractivity contribution in [3.8, 4) is 11.5 Å². The van der Waals surface area contributed by atoms with Gasteiger partial charge < -0.3 is 14.8 Å². The highest BCUT2D eigenvalue weighted by Crippen LogP contribution is 2.27. The molecule has 4 rings (SSSR count). The molecule has 0 saturated heterocycles. The smallest absolute Gasteiger partial charge is 0.325 e. The Hall–Kier alpha value is -4.24. The first-order valence-electron chi connectivity index (χ1n) is 10.4. The third kappa shape index (κ3) is 5.57. The van der Waals surface area contributed by atoms with Gasteiger partial charge in [-0.25, -0.2) is 9.78 Å². The molecule has 2 aromatic heterocycles. The number of pyridine rings is 1. The number of hydrogen-bond acceptors (Lipinski definition) is 7. The molecule has 2 aromatic carbocycles. The largest absolute Gasteiger partial charge is 0.496 e. The van der Waals surface area contributed by atoms with Crippen LogP contribution in [-0.2, 0) is 6.61 Å². The predicted octanol–water partition coefficient (Wildman–Crippen LogP) is 5.31. The van der Waals surface area contributed by atoms with E-state index >= 15 is 0 Å². The van der Waals surface area contributed by atoms with Crippen molar-refractivity contribution in [2.45, 2.75) is 13.5 Å². The van der Waals surface area contributed by atoms with Gasteiger partial charge in [0, 0.05) is 24.2 Å². The van der Waals surface area contributed by atoms with Gasteiger partial charge in [-0.05, 0) is 43.3 Å². The summed E-state index contributed by atoms with van der Waals surface area (Å²) in [7, 11) is 1.51. The molecule has 0 atom stereocenters. The van der Waals surface area contributed by atoms with Crippen LogP contribution in [0.25, 0.3) is 0 Å². The van der Waals surface area contributed by atoms with E-state index in [1.54, 1.807) is 67.1 Å². The second-order valence-electron chi connectivity index (χ2n) is 7.26. The second kappa shape index (κ2) is 10.6. The fourth-order valence-corrected chi connectivity index (χ4v) is 3.92. The maximum atomic E-state index is 13.3. The number of benzene rings is 2. The van der Waals surface area contributed by atoms with E-state index < -0.39 is 6.03 Å². The number of carbonyl (C=O) groups is 2. The van der Waals surface area contributed by atoms with Crippen molar-refractivity contribution in [1.29, 1.82) is 0 Å². The standard InChI is InChI=1S/C25H22N4O4S/c1-16-7-8-21(20(13-16)23(30)19-5-3-4-6-22(19)32-2)28-24(31)29-25-27-14-18(34-25)15-33-17-9-11-26-12-10-17/h3-14H,15H2,1-2H3,(H2,27,28,29,31). The predicted molar refractivity (Wildman–Crippen MR) is 131 cm³/mol. The zero-order chi connectivity index (χ0) is 23.9. The third-order valence-electron chi connectivity index (χ3n) is 4.82. The van der Waals surface area contributed by atoms with Gasteiger partial charge in [0.25, 0.3) is 0 Å². The summed E-state index contributed by atoms with van der Waals surface area (Å²) in [5, 5.41) is 5.88. The van der Waals surface area contributed by atoms with Gasteiger partial charge in [-0.3, -0.25) is 15.1 Å². The third-order valence-corrected chi connectivity index (χ3v) is 5.71. The van der Waals surface area contributed by atoms with E-state index in [1.807, 2.05) is 13.0 Å². The van der Waals surface area contributed by atoms with Gasteiger partial charge >= 0.3 is 6.03 Å². The summed E-state index contributed by atoms with van der Waals surface area (Å²) in [4.78, 5) is 34.9. The van der Waals surface area contributed by atoms with Crippen molar-refractivity contribution in [1.82, 2.24) is 9.97 Å².